The van der Waals surface area contributed by atoms with Gasteiger partial charge in [-0.05, 0) is 103 Å². The van der Waals surface area contributed by atoms with Gasteiger partial charge in [0.05, 0.1) is 0 Å². The zero-order valence-electron chi connectivity index (χ0n) is 46.5. The second-order valence-electron chi connectivity index (χ2n) is 19.5. The highest BCUT2D eigenvalue weighted by molar-refractivity contribution is 5.71. The molecule has 71 heavy (non-hydrogen) atoms. The summed E-state index contributed by atoms with van der Waals surface area (Å²) in [6.07, 6.45) is 78.6. The molecule has 1 atom stereocenters. The molecule has 0 saturated heterocycles. The highest BCUT2D eigenvalue weighted by Gasteiger charge is 2.19. The maximum atomic E-state index is 12.8. The summed E-state index contributed by atoms with van der Waals surface area (Å²) in [4.78, 5) is 37.9. The van der Waals surface area contributed by atoms with E-state index in [9.17, 15) is 14.4 Å². The Labute approximate surface area is 438 Å². The molecule has 6 heteroatoms. The summed E-state index contributed by atoms with van der Waals surface area (Å²) in [7, 11) is 0. The van der Waals surface area contributed by atoms with Crippen molar-refractivity contribution >= 4 is 17.9 Å². The summed E-state index contributed by atoms with van der Waals surface area (Å²) in [5, 5.41) is 0. The molecule has 1 unspecified atom stereocenters. The first-order valence-electron chi connectivity index (χ1n) is 29.7. The van der Waals surface area contributed by atoms with E-state index < -0.39 is 6.10 Å². The highest BCUT2D eigenvalue weighted by atomic mass is 16.6. The second kappa shape index (κ2) is 58.9. The Bertz CT molecular complexity index is 1410. The van der Waals surface area contributed by atoms with Crippen molar-refractivity contribution in [3.05, 3.63) is 97.2 Å². The molecule has 0 aliphatic rings. The lowest BCUT2D eigenvalue weighted by atomic mass is 10.1. The Morgan fingerprint density at radius 2 is 0.549 bits per heavy atom. The maximum absolute atomic E-state index is 12.8. The SMILES string of the molecule is CC/C=C\C/C=C\C/C=C\C/C=C\C/C=C\C/C=C\CCCCCCCCCCCCC(=O)OCC(COC(=O)CCCCCCCC)OC(=O)CCCCCCCCC/C=C\C/C=C\CCCCCC. The summed E-state index contributed by atoms with van der Waals surface area (Å²) in [6, 6.07) is 0. The third-order valence-electron chi connectivity index (χ3n) is 12.6. The Hall–Kier alpha value is -3.67. The first kappa shape index (κ1) is 67.3. The van der Waals surface area contributed by atoms with E-state index in [1.165, 1.54) is 128 Å². The van der Waals surface area contributed by atoms with Crippen LogP contribution in [-0.4, -0.2) is 37.2 Å². The second-order valence-corrected chi connectivity index (χ2v) is 19.5. The van der Waals surface area contributed by atoms with Crippen LogP contribution >= 0.6 is 0 Å². The lowest BCUT2D eigenvalue weighted by Crippen LogP contribution is -2.30. The van der Waals surface area contributed by atoms with Gasteiger partial charge in [0.2, 0.25) is 0 Å². The number of carbonyl (C=O) groups is 3. The predicted molar refractivity (Wildman–Crippen MR) is 307 cm³/mol. The minimum absolute atomic E-state index is 0.0812. The lowest BCUT2D eigenvalue weighted by molar-refractivity contribution is -0.167. The van der Waals surface area contributed by atoms with Crippen molar-refractivity contribution in [3.8, 4) is 0 Å². The molecule has 6 nitrogen and oxygen atoms in total. The molecule has 0 heterocycles. The summed E-state index contributed by atoms with van der Waals surface area (Å²) in [6.45, 7) is 6.45. The van der Waals surface area contributed by atoms with Gasteiger partial charge >= 0.3 is 17.9 Å². The summed E-state index contributed by atoms with van der Waals surface area (Å²) < 4.78 is 16.8. The van der Waals surface area contributed by atoms with Gasteiger partial charge < -0.3 is 14.2 Å². The van der Waals surface area contributed by atoms with Crippen LogP contribution in [0.25, 0.3) is 0 Å². The predicted octanol–water partition coefficient (Wildman–Crippen LogP) is 20.1. The fraction of sp³-hybridized carbons (Fsp3) is 0.708. The molecule has 0 N–H and O–H groups in total. The van der Waals surface area contributed by atoms with Crippen LogP contribution in [0, 0.1) is 0 Å². The largest absolute Gasteiger partial charge is 0.462 e. The van der Waals surface area contributed by atoms with E-state index in [4.69, 9.17) is 14.2 Å². The Balaban J connectivity index is 4.13. The van der Waals surface area contributed by atoms with E-state index in [0.29, 0.717) is 19.3 Å². The average Bonchev–Trinajstić information content (AvgIpc) is 3.37. The number of rotatable bonds is 53. The van der Waals surface area contributed by atoms with Crippen molar-refractivity contribution in [1.82, 2.24) is 0 Å². The fourth-order valence-corrected chi connectivity index (χ4v) is 8.12. The van der Waals surface area contributed by atoms with Gasteiger partial charge in [-0.2, -0.15) is 0 Å². The van der Waals surface area contributed by atoms with E-state index >= 15 is 0 Å². The van der Waals surface area contributed by atoms with Gasteiger partial charge in [-0.1, -0.05) is 253 Å². The topological polar surface area (TPSA) is 78.9 Å². The first-order chi connectivity index (χ1) is 35.0. The van der Waals surface area contributed by atoms with E-state index in [0.717, 1.165) is 109 Å². The third kappa shape index (κ3) is 57.1. The number of hydrogen-bond donors (Lipinski definition) is 0. The summed E-state index contributed by atoms with van der Waals surface area (Å²) in [5.74, 6) is -0.899. The zero-order valence-corrected chi connectivity index (χ0v) is 46.5. The molecule has 0 bridgehead atoms. The molecule has 0 fully saturated rings. The molecular weight excluding hydrogens is 877 g/mol. The number of unbranched alkanes of at least 4 members (excludes halogenated alkanes) is 26. The van der Waals surface area contributed by atoms with Crippen LogP contribution in [0.3, 0.4) is 0 Å². The third-order valence-corrected chi connectivity index (χ3v) is 12.6. The van der Waals surface area contributed by atoms with Crippen LogP contribution in [-0.2, 0) is 28.6 Å². The van der Waals surface area contributed by atoms with E-state index in [2.05, 4.69) is 118 Å². The maximum Gasteiger partial charge on any atom is 0.306 e. The van der Waals surface area contributed by atoms with Gasteiger partial charge in [-0.25, -0.2) is 0 Å². The summed E-state index contributed by atoms with van der Waals surface area (Å²) >= 11 is 0. The molecule has 0 aromatic heterocycles. The van der Waals surface area contributed by atoms with Crippen molar-refractivity contribution in [2.24, 2.45) is 0 Å². The fourth-order valence-electron chi connectivity index (χ4n) is 8.12. The van der Waals surface area contributed by atoms with Crippen LogP contribution in [0.5, 0.6) is 0 Å². The molecule has 0 rings (SSSR count). The smallest absolute Gasteiger partial charge is 0.306 e. The monoisotopic (exact) mass is 987 g/mol. The van der Waals surface area contributed by atoms with Crippen molar-refractivity contribution in [1.29, 1.82) is 0 Å². The van der Waals surface area contributed by atoms with Crippen molar-refractivity contribution in [2.75, 3.05) is 13.2 Å². The molecule has 0 amide bonds. The minimum Gasteiger partial charge on any atom is -0.462 e. The van der Waals surface area contributed by atoms with Crippen molar-refractivity contribution in [3.63, 3.8) is 0 Å². The quantitative estimate of drug-likeness (QED) is 0.0261. The van der Waals surface area contributed by atoms with E-state index in [1.54, 1.807) is 0 Å². The normalized spacial score (nSPS) is 12.8. The number of hydrogen-bond acceptors (Lipinski definition) is 6. The van der Waals surface area contributed by atoms with Gasteiger partial charge in [0.1, 0.15) is 13.2 Å². The molecule has 406 valence electrons. The highest BCUT2D eigenvalue weighted by Crippen LogP contribution is 2.15. The Morgan fingerprint density at radius 3 is 0.873 bits per heavy atom. The van der Waals surface area contributed by atoms with Gasteiger partial charge in [-0.3, -0.25) is 14.4 Å². The lowest BCUT2D eigenvalue weighted by Gasteiger charge is -2.18. The number of ether oxygens (including phenoxy) is 3. The van der Waals surface area contributed by atoms with Crippen LogP contribution in [0.15, 0.2) is 97.2 Å². The number of carbonyl (C=O) groups excluding carboxylic acids is 3. The van der Waals surface area contributed by atoms with E-state index in [-0.39, 0.29) is 31.1 Å². The molecule has 0 spiro atoms. The number of esters is 3. The van der Waals surface area contributed by atoms with Crippen LogP contribution < -0.4 is 0 Å². The average molecular weight is 988 g/mol. The number of allylic oxidation sites excluding steroid dienone is 16. The van der Waals surface area contributed by atoms with E-state index in [1.807, 2.05) is 0 Å². The van der Waals surface area contributed by atoms with Gasteiger partial charge in [0, 0.05) is 19.3 Å². The van der Waals surface area contributed by atoms with Gasteiger partial charge in [0.15, 0.2) is 6.10 Å². The molecular formula is C65H110O6. The van der Waals surface area contributed by atoms with Gasteiger partial charge in [-0.15, -0.1) is 0 Å². The van der Waals surface area contributed by atoms with Crippen molar-refractivity contribution < 1.29 is 28.6 Å². The zero-order chi connectivity index (χ0) is 51.4. The molecule has 0 radical (unpaired) electrons. The Kier molecular flexibility index (Phi) is 55.9. The molecule has 0 aliphatic heterocycles. The van der Waals surface area contributed by atoms with Crippen LogP contribution in [0.1, 0.15) is 278 Å². The summed E-state index contributed by atoms with van der Waals surface area (Å²) in [5.41, 5.74) is 0. The molecule has 0 saturated carbocycles. The minimum atomic E-state index is -0.780. The Morgan fingerprint density at radius 1 is 0.296 bits per heavy atom. The standard InChI is InChI=1S/C65H110O6/c1-4-7-10-13-16-18-20-22-24-26-28-29-30-31-32-33-34-35-36-37-38-40-41-43-45-47-49-52-55-58-64(67)70-61-62(60-69-63(66)57-54-51-15-12-9-6-3)71-65(68)59-56-53-50-48-46-44-42-39-27-25-23-21-19-17-14-11-8-5-2/h7,10,16,18-19,21-22,24-25,27-29,31-32,34-35,62H,4-6,8-9,11-15,17,20,23,26,30,33,36-61H2,1-3H3/b10-7-,18-16-,21-19-,24-22-,27-25-,29-28-,32-31-,35-34-. The first-order valence-corrected chi connectivity index (χ1v) is 29.7. The van der Waals surface area contributed by atoms with Crippen molar-refractivity contribution in [2.45, 2.75) is 284 Å². The van der Waals surface area contributed by atoms with Gasteiger partial charge in [0.25, 0.3) is 0 Å². The van der Waals surface area contributed by atoms with Crippen LogP contribution in [0.2, 0.25) is 0 Å². The molecule has 0 aliphatic carbocycles. The molecule has 0 aromatic carbocycles. The molecule has 0 aromatic rings. The van der Waals surface area contributed by atoms with Crippen LogP contribution in [0.4, 0.5) is 0 Å².